The first kappa shape index (κ1) is 12.1. The van der Waals surface area contributed by atoms with Gasteiger partial charge < -0.3 is 0 Å². The quantitative estimate of drug-likeness (QED) is 0.607. The van der Waals surface area contributed by atoms with Crippen LogP contribution in [-0.2, 0) is 13.4 Å². The van der Waals surface area contributed by atoms with E-state index in [4.69, 9.17) is 0 Å². The molecule has 0 aliphatic rings. The summed E-state index contributed by atoms with van der Waals surface area (Å²) in [6.07, 6.45) is 0. The van der Waals surface area contributed by atoms with Crippen LogP contribution in [0.25, 0.3) is 0 Å². The standard InChI is InChI=1S/C2H5BrO3S.Na.H/c1-2-7(4,5)6-3;;/h2H2,1H3;;. The zero-order valence-corrected chi connectivity index (χ0v) is 6.12. The van der Waals surface area contributed by atoms with E-state index < -0.39 is 10.1 Å². The molecule has 0 fully saturated rings. The van der Waals surface area contributed by atoms with Gasteiger partial charge in [-0.25, -0.2) is 0 Å². The minimum absolute atomic E-state index is 0. The van der Waals surface area contributed by atoms with E-state index in [9.17, 15) is 8.42 Å². The molecule has 0 aromatic rings. The average Bonchev–Trinajstić information content (AvgIpc) is 1.68. The molecule has 0 aliphatic heterocycles. The fourth-order valence-electron chi connectivity index (χ4n) is 0.0445. The van der Waals surface area contributed by atoms with Gasteiger partial charge in [0.25, 0.3) is 10.1 Å². The normalized spacial score (nSPS) is 10.2. The third kappa shape index (κ3) is 5.53. The van der Waals surface area contributed by atoms with Crippen molar-refractivity contribution in [3.63, 3.8) is 0 Å². The Labute approximate surface area is 79.7 Å². The Morgan fingerprint density at radius 1 is 1.62 bits per heavy atom. The molecule has 8 heavy (non-hydrogen) atoms. The van der Waals surface area contributed by atoms with E-state index >= 15 is 0 Å². The molecule has 0 heterocycles. The molecule has 0 bridgehead atoms. The zero-order chi connectivity index (χ0) is 5.91. The summed E-state index contributed by atoms with van der Waals surface area (Å²) < 4.78 is 24.1. The van der Waals surface area contributed by atoms with Crippen molar-refractivity contribution in [1.82, 2.24) is 0 Å². The van der Waals surface area contributed by atoms with Gasteiger partial charge in [-0.15, -0.1) is 0 Å². The second-order valence-corrected chi connectivity index (χ2v) is 3.52. The summed E-state index contributed by atoms with van der Waals surface area (Å²) in [5.74, 6) is -0.00174. The Kier molecular flexibility index (Phi) is 7.86. The van der Waals surface area contributed by atoms with Crippen LogP contribution < -0.4 is 0 Å². The molecular formula is C2H6BrNaO3S. The van der Waals surface area contributed by atoms with Gasteiger partial charge in [-0.05, 0) is 6.92 Å². The summed E-state index contributed by atoms with van der Waals surface area (Å²) >= 11 is 2.34. The molecule has 0 amide bonds. The SMILES string of the molecule is CCS(=O)(=O)OBr.[NaH]. The van der Waals surface area contributed by atoms with Crippen molar-refractivity contribution in [3.8, 4) is 0 Å². The van der Waals surface area contributed by atoms with Crippen LogP contribution in [0.4, 0.5) is 0 Å². The van der Waals surface area contributed by atoms with Crippen molar-refractivity contribution in [3.05, 3.63) is 0 Å². The average molecular weight is 213 g/mol. The summed E-state index contributed by atoms with van der Waals surface area (Å²) in [6, 6.07) is 0. The van der Waals surface area contributed by atoms with Crippen LogP contribution in [-0.4, -0.2) is 43.7 Å². The van der Waals surface area contributed by atoms with Crippen molar-refractivity contribution in [2.75, 3.05) is 5.75 Å². The second kappa shape index (κ2) is 5.20. The van der Waals surface area contributed by atoms with E-state index in [1.165, 1.54) is 6.92 Å². The van der Waals surface area contributed by atoms with E-state index in [0.29, 0.717) is 0 Å². The van der Waals surface area contributed by atoms with Gasteiger partial charge in [0.2, 0.25) is 0 Å². The third-order valence-corrected chi connectivity index (χ3v) is 2.56. The van der Waals surface area contributed by atoms with Crippen LogP contribution in [0.2, 0.25) is 0 Å². The maximum atomic E-state index is 10.1. The Bertz CT molecular complexity index is 120. The molecule has 0 N–H and O–H groups in total. The van der Waals surface area contributed by atoms with Gasteiger partial charge >= 0.3 is 29.6 Å². The Morgan fingerprint density at radius 3 is 2.00 bits per heavy atom. The third-order valence-electron chi connectivity index (χ3n) is 0.450. The molecule has 0 rings (SSSR count). The molecule has 0 aliphatic carbocycles. The zero-order valence-electron chi connectivity index (χ0n) is 3.72. The van der Waals surface area contributed by atoms with Crippen LogP contribution in [0.15, 0.2) is 0 Å². The predicted molar refractivity (Wildman–Crippen MR) is 36.6 cm³/mol. The Morgan fingerprint density at radius 2 is 2.00 bits per heavy atom. The molecule has 0 saturated heterocycles. The predicted octanol–water partition coefficient (Wildman–Crippen LogP) is 0.0141. The van der Waals surface area contributed by atoms with E-state index in [1.54, 1.807) is 0 Å². The first-order valence-corrected chi connectivity index (χ1v) is 3.87. The van der Waals surface area contributed by atoms with Crippen LogP contribution in [0.3, 0.4) is 0 Å². The summed E-state index contributed by atoms with van der Waals surface area (Å²) in [5, 5.41) is 0. The van der Waals surface area contributed by atoms with Gasteiger partial charge in [0.15, 0.2) is 0 Å². The van der Waals surface area contributed by atoms with Gasteiger partial charge in [-0.1, -0.05) is 0 Å². The molecule has 0 radical (unpaired) electrons. The monoisotopic (exact) mass is 212 g/mol. The molecule has 0 saturated carbocycles. The van der Waals surface area contributed by atoms with Gasteiger partial charge in [0.05, 0.1) is 5.75 Å². The van der Waals surface area contributed by atoms with E-state index in [-0.39, 0.29) is 35.3 Å². The molecular weight excluding hydrogens is 207 g/mol. The van der Waals surface area contributed by atoms with E-state index in [1.807, 2.05) is 0 Å². The second-order valence-electron chi connectivity index (χ2n) is 0.909. The summed E-state index contributed by atoms with van der Waals surface area (Å²) in [6.45, 7) is 1.50. The van der Waals surface area contributed by atoms with Crippen LogP contribution in [0.5, 0.6) is 0 Å². The molecule has 0 aromatic heterocycles. The van der Waals surface area contributed by atoms with E-state index in [2.05, 4.69) is 19.5 Å². The van der Waals surface area contributed by atoms with Gasteiger partial charge in [-0.2, -0.15) is 11.7 Å². The Hall–Kier alpha value is 1.39. The summed E-state index contributed by atoms with van der Waals surface area (Å²) in [4.78, 5) is 0. The van der Waals surface area contributed by atoms with Crippen LogP contribution >= 0.6 is 16.3 Å². The number of hydrogen-bond acceptors (Lipinski definition) is 3. The fraction of sp³-hybridized carbons (Fsp3) is 1.00. The molecule has 0 atom stereocenters. The topological polar surface area (TPSA) is 43.4 Å². The molecule has 3 nitrogen and oxygen atoms in total. The number of rotatable bonds is 2. The van der Waals surface area contributed by atoms with Crippen molar-refractivity contribution in [2.24, 2.45) is 0 Å². The number of halogens is 1. The molecule has 6 heteroatoms. The van der Waals surface area contributed by atoms with Crippen molar-refractivity contribution < 1.29 is 11.7 Å². The van der Waals surface area contributed by atoms with Gasteiger partial charge in [0, 0.05) is 0 Å². The molecule has 0 spiro atoms. The van der Waals surface area contributed by atoms with Crippen molar-refractivity contribution in [2.45, 2.75) is 6.92 Å². The first-order chi connectivity index (χ1) is 3.12. The van der Waals surface area contributed by atoms with Crippen molar-refractivity contribution >= 4 is 55.9 Å². The molecule has 0 aromatic carbocycles. The fourth-order valence-corrected chi connectivity index (χ4v) is 0.694. The van der Waals surface area contributed by atoms with E-state index in [0.717, 1.165) is 0 Å². The first-order valence-electron chi connectivity index (χ1n) is 1.65. The van der Waals surface area contributed by atoms with Crippen LogP contribution in [0, 0.1) is 0 Å². The van der Waals surface area contributed by atoms with Gasteiger partial charge in [-0.3, -0.25) is 0 Å². The van der Waals surface area contributed by atoms with Crippen LogP contribution in [0.1, 0.15) is 6.92 Å². The number of hydrogen-bond donors (Lipinski definition) is 0. The summed E-state index contributed by atoms with van der Waals surface area (Å²) in [7, 11) is -3.24. The molecule has 46 valence electrons. The summed E-state index contributed by atoms with van der Waals surface area (Å²) in [5.41, 5.74) is 0. The molecule has 0 unspecified atom stereocenters. The Balaban J connectivity index is 0. The van der Waals surface area contributed by atoms with Crippen molar-refractivity contribution in [1.29, 1.82) is 0 Å². The van der Waals surface area contributed by atoms with Gasteiger partial charge in [0.1, 0.15) is 16.3 Å². The maximum absolute atomic E-state index is 10.1. The minimum atomic E-state index is -3.24.